The molecular formula is C29H27N3O8. The number of pyridine rings is 1. The standard InChI is InChI=1S/C29H27N3O8/c1-37-26(33)24(31-28(35)39-18-20-10-5-3-6-11-20)16-22-14-9-15-23(30-22)17-25(27(34)38-2)32-29(36)40-19-21-12-7-4-8-13-21/h3-17H,18-19H2,1-2H3,(H,31,35)(H,32,36)/b24-16-,25-17-. The Morgan fingerprint density at radius 3 is 1.40 bits per heavy atom. The molecule has 0 aliphatic rings. The van der Waals surface area contributed by atoms with Crippen LogP contribution in [-0.2, 0) is 41.8 Å². The minimum Gasteiger partial charge on any atom is -0.464 e. The molecule has 0 radical (unpaired) electrons. The molecule has 11 heteroatoms. The van der Waals surface area contributed by atoms with Gasteiger partial charge in [0.1, 0.15) is 24.6 Å². The third kappa shape index (κ3) is 9.45. The van der Waals surface area contributed by atoms with Crippen molar-refractivity contribution in [3.63, 3.8) is 0 Å². The van der Waals surface area contributed by atoms with E-state index in [1.165, 1.54) is 12.2 Å². The maximum atomic E-state index is 12.3. The molecule has 2 aromatic carbocycles. The van der Waals surface area contributed by atoms with Crippen molar-refractivity contribution in [3.8, 4) is 0 Å². The van der Waals surface area contributed by atoms with Crippen molar-refractivity contribution in [2.45, 2.75) is 13.2 Å². The molecule has 2 amide bonds. The zero-order chi connectivity index (χ0) is 28.7. The first-order valence-corrected chi connectivity index (χ1v) is 11.9. The molecule has 0 fully saturated rings. The Morgan fingerprint density at radius 2 is 1.02 bits per heavy atom. The first-order valence-electron chi connectivity index (χ1n) is 11.9. The van der Waals surface area contributed by atoms with Gasteiger partial charge in [0.05, 0.1) is 25.6 Å². The molecule has 0 bridgehead atoms. The topological polar surface area (TPSA) is 142 Å². The van der Waals surface area contributed by atoms with Gasteiger partial charge in [-0.3, -0.25) is 10.6 Å². The predicted octanol–water partition coefficient (Wildman–Crippen LogP) is 3.96. The van der Waals surface area contributed by atoms with Gasteiger partial charge in [0, 0.05) is 0 Å². The number of carbonyl (C=O) groups is 4. The monoisotopic (exact) mass is 545 g/mol. The summed E-state index contributed by atoms with van der Waals surface area (Å²) in [5.41, 5.74) is 1.53. The van der Waals surface area contributed by atoms with Crippen molar-refractivity contribution < 1.29 is 38.1 Å². The van der Waals surface area contributed by atoms with Crippen molar-refractivity contribution in [2.24, 2.45) is 0 Å². The average Bonchev–Trinajstić information content (AvgIpc) is 2.98. The molecule has 40 heavy (non-hydrogen) atoms. The van der Waals surface area contributed by atoms with Crippen LogP contribution >= 0.6 is 0 Å². The van der Waals surface area contributed by atoms with Crippen molar-refractivity contribution in [2.75, 3.05) is 14.2 Å². The lowest BCUT2D eigenvalue weighted by Crippen LogP contribution is -2.28. The van der Waals surface area contributed by atoms with Gasteiger partial charge in [-0.15, -0.1) is 0 Å². The Bertz CT molecular complexity index is 1290. The molecular weight excluding hydrogens is 518 g/mol. The number of aromatic nitrogens is 1. The van der Waals surface area contributed by atoms with E-state index in [0.29, 0.717) is 0 Å². The minimum atomic E-state index is -0.872. The second-order valence-corrected chi connectivity index (χ2v) is 7.96. The van der Waals surface area contributed by atoms with Crippen LogP contribution in [0.25, 0.3) is 12.2 Å². The molecule has 3 rings (SSSR count). The normalized spacial score (nSPS) is 11.2. The number of amides is 2. The van der Waals surface area contributed by atoms with Gasteiger partial charge in [0.2, 0.25) is 0 Å². The maximum absolute atomic E-state index is 12.3. The Balaban J connectivity index is 1.73. The summed E-state index contributed by atoms with van der Waals surface area (Å²) < 4.78 is 19.8. The van der Waals surface area contributed by atoms with E-state index in [1.807, 2.05) is 12.1 Å². The van der Waals surface area contributed by atoms with Gasteiger partial charge < -0.3 is 18.9 Å². The summed E-state index contributed by atoms with van der Waals surface area (Å²) in [4.78, 5) is 53.5. The number of ether oxygens (including phenoxy) is 4. The number of hydrogen-bond acceptors (Lipinski definition) is 9. The number of nitrogens with zero attached hydrogens (tertiary/aromatic N) is 1. The van der Waals surface area contributed by atoms with Crippen molar-refractivity contribution >= 4 is 36.3 Å². The highest BCUT2D eigenvalue weighted by molar-refractivity contribution is 5.97. The van der Waals surface area contributed by atoms with Gasteiger partial charge in [0.15, 0.2) is 0 Å². The minimum absolute atomic E-state index is 0.00323. The fraction of sp³-hybridized carbons (Fsp3) is 0.138. The van der Waals surface area contributed by atoms with E-state index in [9.17, 15) is 19.2 Å². The number of benzene rings is 2. The maximum Gasteiger partial charge on any atom is 0.412 e. The second-order valence-electron chi connectivity index (χ2n) is 7.96. The number of hydrogen-bond donors (Lipinski definition) is 2. The highest BCUT2D eigenvalue weighted by atomic mass is 16.6. The number of carbonyl (C=O) groups excluding carboxylic acids is 4. The number of methoxy groups -OCH3 is 2. The molecule has 0 unspecified atom stereocenters. The van der Waals surface area contributed by atoms with E-state index in [4.69, 9.17) is 18.9 Å². The van der Waals surface area contributed by atoms with Crippen molar-refractivity contribution in [1.29, 1.82) is 0 Å². The van der Waals surface area contributed by atoms with Crippen LogP contribution in [0.1, 0.15) is 22.5 Å². The van der Waals surface area contributed by atoms with Crippen LogP contribution in [0.3, 0.4) is 0 Å². The highest BCUT2D eigenvalue weighted by Crippen LogP contribution is 2.11. The van der Waals surface area contributed by atoms with Gasteiger partial charge in [-0.1, -0.05) is 66.7 Å². The summed E-state index contributed by atoms with van der Waals surface area (Å²) in [6.07, 6.45) is 0.795. The lowest BCUT2D eigenvalue weighted by Gasteiger charge is -2.10. The zero-order valence-electron chi connectivity index (χ0n) is 21.8. The largest absolute Gasteiger partial charge is 0.464 e. The molecule has 0 aliphatic heterocycles. The molecule has 1 heterocycles. The van der Waals surface area contributed by atoms with Crippen LogP contribution in [0.5, 0.6) is 0 Å². The van der Waals surface area contributed by atoms with Crippen LogP contribution in [0.4, 0.5) is 9.59 Å². The fourth-order valence-electron chi connectivity index (χ4n) is 3.18. The molecule has 0 atom stereocenters. The number of esters is 2. The second kappa shape index (κ2) is 15.1. The van der Waals surface area contributed by atoms with E-state index in [1.54, 1.807) is 66.7 Å². The first-order chi connectivity index (χ1) is 19.4. The van der Waals surface area contributed by atoms with E-state index >= 15 is 0 Å². The predicted molar refractivity (Wildman–Crippen MR) is 144 cm³/mol. The van der Waals surface area contributed by atoms with Gasteiger partial charge in [-0.05, 0) is 35.4 Å². The average molecular weight is 546 g/mol. The van der Waals surface area contributed by atoms with Crippen LogP contribution in [-0.4, -0.2) is 43.3 Å². The molecule has 2 N–H and O–H groups in total. The quantitative estimate of drug-likeness (QED) is 0.220. The number of alkyl carbamates (subject to hydrolysis) is 2. The fourth-order valence-corrected chi connectivity index (χ4v) is 3.18. The third-order valence-corrected chi connectivity index (χ3v) is 5.09. The molecule has 11 nitrogen and oxygen atoms in total. The Labute approximate surface area is 230 Å². The van der Waals surface area contributed by atoms with Gasteiger partial charge in [-0.2, -0.15) is 0 Å². The van der Waals surface area contributed by atoms with Gasteiger partial charge in [-0.25, -0.2) is 24.2 Å². The highest BCUT2D eigenvalue weighted by Gasteiger charge is 2.17. The smallest absolute Gasteiger partial charge is 0.412 e. The molecule has 1 aromatic heterocycles. The summed E-state index contributed by atoms with van der Waals surface area (Å²) in [6.45, 7) is -0.00646. The summed E-state index contributed by atoms with van der Waals surface area (Å²) in [7, 11) is 2.32. The van der Waals surface area contributed by atoms with E-state index in [2.05, 4.69) is 15.6 Å². The Kier molecular flexibility index (Phi) is 11.0. The van der Waals surface area contributed by atoms with E-state index in [-0.39, 0.29) is 36.0 Å². The molecule has 3 aromatic rings. The Hall–Kier alpha value is -5.45. The van der Waals surface area contributed by atoms with Gasteiger partial charge >= 0.3 is 24.1 Å². The van der Waals surface area contributed by atoms with Crippen molar-refractivity contribution in [1.82, 2.24) is 15.6 Å². The summed E-state index contributed by atoms with van der Waals surface area (Å²) in [5, 5.41) is 4.70. The summed E-state index contributed by atoms with van der Waals surface area (Å²) in [5.74, 6) is -1.67. The molecule has 206 valence electrons. The third-order valence-electron chi connectivity index (χ3n) is 5.09. The van der Waals surface area contributed by atoms with Crippen LogP contribution in [0.15, 0.2) is 90.3 Å². The van der Waals surface area contributed by atoms with Crippen LogP contribution in [0.2, 0.25) is 0 Å². The molecule has 0 spiro atoms. The molecule has 0 saturated heterocycles. The van der Waals surface area contributed by atoms with Crippen LogP contribution in [0, 0.1) is 0 Å². The molecule has 0 aliphatic carbocycles. The number of nitrogens with one attached hydrogen (secondary N) is 2. The zero-order valence-corrected chi connectivity index (χ0v) is 21.8. The SMILES string of the molecule is COC(=O)/C(=C/c1cccc(/C=C(\NC(=O)OCc2ccccc2)C(=O)OC)n1)NC(=O)OCc1ccccc1. The first kappa shape index (κ1) is 29.1. The number of rotatable bonds is 10. The Morgan fingerprint density at radius 1 is 0.625 bits per heavy atom. The lowest BCUT2D eigenvalue weighted by atomic mass is 10.2. The summed E-state index contributed by atoms with van der Waals surface area (Å²) in [6, 6.07) is 22.7. The van der Waals surface area contributed by atoms with E-state index in [0.717, 1.165) is 25.3 Å². The lowest BCUT2D eigenvalue weighted by molar-refractivity contribution is -0.137. The summed E-state index contributed by atoms with van der Waals surface area (Å²) >= 11 is 0. The van der Waals surface area contributed by atoms with Gasteiger partial charge in [0.25, 0.3) is 0 Å². The molecule has 0 saturated carbocycles. The van der Waals surface area contributed by atoms with Crippen LogP contribution < -0.4 is 10.6 Å². The van der Waals surface area contributed by atoms with E-state index < -0.39 is 24.1 Å². The van der Waals surface area contributed by atoms with Crippen molar-refractivity contribution in [3.05, 3.63) is 113 Å².